The van der Waals surface area contributed by atoms with Crippen LogP contribution in [-0.2, 0) is 47.5 Å². The van der Waals surface area contributed by atoms with Crippen LogP contribution in [0.25, 0.3) is 0 Å². The van der Waals surface area contributed by atoms with E-state index in [0.29, 0.717) is 6.42 Å². The van der Waals surface area contributed by atoms with Gasteiger partial charge in [-0.15, -0.1) is 0 Å². The fourth-order valence-electron chi connectivity index (χ4n) is 9.11. The van der Waals surface area contributed by atoms with Gasteiger partial charge in [-0.05, 0) is 81.7 Å². The highest BCUT2D eigenvalue weighted by Crippen LogP contribution is 2.42. The fraction of sp³-hybridized carbons (Fsp3) is 0.951. The molecule has 0 saturated carbocycles. The number of cyclic esters (lactones) is 1. The van der Waals surface area contributed by atoms with Crippen molar-refractivity contribution >= 4 is 11.8 Å². The van der Waals surface area contributed by atoms with E-state index in [4.69, 9.17) is 37.9 Å². The van der Waals surface area contributed by atoms with Crippen LogP contribution in [0.15, 0.2) is 0 Å². The van der Waals surface area contributed by atoms with Crippen LogP contribution >= 0.6 is 0 Å². The molecule has 0 bridgehead atoms. The Morgan fingerprint density at radius 3 is 1.98 bits per heavy atom. The van der Waals surface area contributed by atoms with E-state index in [0.717, 1.165) is 0 Å². The minimum absolute atomic E-state index is 0.0563. The highest BCUT2D eigenvalue weighted by Gasteiger charge is 2.54. The smallest absolute Gasteiger partial charge is 0.311 e. The first-order chi connectivity index (χ1) is 25.4. The van der Waals surface area contributed by atoms with Crippen molar-refractivity contribution in [2.75, 3.05) is 28.4 Å². The molecule has 0 radical (unpaired) electrons. The van der Waals surface area contributed by atoms with Crippen molar-refractivity contribution in [2.24, 2.45) is 23.7 Å². The molecule has 3 aliphatic heterocycles. The minimum atomic E-state index is -1.95. The van der Waals surface area contributed by atoms with Crippen molar-refractivity contribution in [1.82, 2.24) is 4.90 Å². The van der Waals surface area contributed by atoms with Crippen molar-refractivity contribution in [2.45, 2.75) is 199 Å². The van der Waals surface area contributed by atoms with E-state index in [-0.39, 0.29) is 43.2 Å². The van der Waals surface area contributed by atoms with E-state index in [1.165, 1.54) is 14.0 Å². The third-order valence-electron chi connectivity index (χ3n) is 13.2. The first-order valence-electron chi connectivity index (χ1n) is 20.2. The summed E-state index contributed by atoms with van der Waals surface area (Å²) in [5, 5.41) is 34.2. The number of rotatable bonds is 10. The van der Waals surface area contributed by atoms with Gasteiger partial charge in [0.2, 0.25) is 0 Å². The predicted octanol–water partition coefficient (Wildman–Crippen LogP) is 3.87. The number of likely N-dealkylation sites (N-methyl/N-ethyl adjacent to an activating group) is 1. The number of aliphatic hydroxyl groups is 3. The van der Waals surface area contributed by atoms with Gasteiger partial charge in [0.05, 0.1) is 47.6 Å². The first kappa shape index (κ1) is 48.1. The lowest BCUT2D eigenvalue weighted by atomic mass is 9.74. The number of hydrogen-bond acceptors (Lipinski definition) is 14. The number of methoxy groups -OCH3 is 3. The highest BCUT2D eigenvalue weighted by molar-refractivity contribution is 5.83. The molecule has 0 spiro atoms. The normalized spacial score (nSPS) is 47.1. The van der Waals surface area contributed by atoms with Crippen molar-refractivity contribution in [1.29, 1.82) is 0 Å². The number of Topliss-reactive ketones (excluding diaryl/α,β-unsaturated/α-hetero) is 1. The molecule has 3 N–H and O–H groups in total. The van der Waals surface area contributed by atoms with Crippen LogP contribution < -0.4 is 0 Å². The average molecular weight is 790 g/mol. The monoisotopic (exact) mass is 790 g/mol. The summed E-state index contributed by atoms with van der Waals surface area (Å²) in [6, 6.07) is 0.154. The maximum Gasteiger partial charge on any atom is 0.311 e. The van der Waals surface area contributed by atoms with Gasteiger partial charge in [-0.3, -0.25) is 14.5 Å². The van der Waals surface area contributed by atoms with E-state index >= 15 is 0 Å². The third kappa shape index (κ3) is 10.3. The summed E-state index contributed by atoms with van der Waals surface area (Å²) in [6.07, 6.45) is -7.50. The number of nitrogens with zero attached hydrogens (tertiary/aromatic N) is 1. The number of ether oxygens (including phenoxy) is 8. The van der Waals surface area contributed by atoms with E-state index in [9.17, 15) is 24.9 Å². The molecular weight excluding hydrogens is 714 g/mol. The molecule has 0 aromatic rings. The molecule has 3 fully saturated rings. The quantitative estimate of drug-likeness (QED) is 0.273. The van der Waals surface area contributed by atoms with Crippen molar-refractivity contribution in [3.05, 3.63) is 0 Å². The molecule has 3 aliphatic rings. The summed E-state index contributed by atoms with van der Waals surface area (Å²) in [6.45, 7) is 21.7. The summed E-state index contributed by atoms with van der Waals surface area (Å²) >= 11 is 0. The van der Waals surface area contributed by atoms with Gasteiger partial charge in [0.25, 0.3) is 0 Å². The van der Waals surface area contributed by atoms with Crippen LogP contribution in [0, 0.1) is 23.7 Å². The molecule has 0 aliphatic carbocycles. The molecule has 322 valence electrons. The Morgan fingerprint density at radius 2 is 1.45 bits per heavy atom. The van der Waals surface area contributed by atoms with E-state index < -0.39 is 102 Å². The lowest BCUT2D eigenvalue weighted by molar-refractivity contribution is -0.321. The van der Waals surface area contributed by atoms with Crippen LogP contribution in [0.1, 0.15) is 109 Å². The van der Waals surface area contributed by atoms with Gasteiger partial charge in [0.15, 0.2) is 12.6 Å². The second kappa shape index (κ2) is 19.2. The number of hydrogen-bond donors (Lipinski definition) is 3. The van der Waals surface area contributed by atoms with Crippen molar-refractivity contribution in [3.63, 3.8) is 0 Å². The van der Waals surface area contributed by atoms with Gasteiger partial charge < -0.3 is 53.2 Å². The van der Waals surface area contributed by atoms with Crippen LogP contribution in [0.4, 0.5) is 0 Å². The summed E-state index contributed by atoms with van der Waals surface area (Å²) < 4.78 is 51.0. The van der Waals surface area contributed by atoms with Crippen molar-refractivity contribution < 1.29 is 62.8 Å². The molecule has 0 unspecified atom stereocenters. The van der Waals surface area contributed by atoms with E-state index in [1.807, 2.05) is 20.8 Å². The molecule has 18 atom stereocenters. The SMILES string of the molecule is CC[C@H]1OC(=O)[C@H](C)[C@@H](O[C@@H]2C[C@@](C)(OC)[C@@H](O)[C@H](C)O2)[C@H](C)[C@@H](O[C@@H]2O[C@H](C)C[C@H](N(C)C(C)C)[C@H]2OC)[C@@](C)(OC)C[C@@H](C)C(=O)[C@H](C)[C@@H](O)[C@]1(C)O. The second-order valence-corrected chi connectivity index (χ2v) is 17.6. The predicted molar refractivity (Wildman–Crippen MR) is 205 cm³/mol. The summed E-state index contributed by atoms with van der Waals surface area (Å²) in [5.74, 6) is -4.29. The van der Waals surface area contributed by atoms with Gasteiger partial charge in [0.1, 0.15) is 29.7 Å². The Kier molecular flexibility index (Phi) is 16.8. The molecular formula is C41H75NO13. The number of ketones is 1. The number of esters is 1. The molecule has 0 amide bonds. The summed E-state index contributed by atoms with van der Waals surface area (Å²) in [4.78, 5) is 30.7. The van der Waals surface area contributed by atoms with Crippen LogP contribution in [-0.4, -0.2) is 151 Å². The van der Waals surface area contributed by atoms with Gasteiger partial charge in [-0.25, -0.2) is 0 Å². The minimum Gasteiger partial charge on any atom is -0.459 e. The Bertz CT molecular complexity index is 1250. The molecule has 3 heterocycles. The van der Waals surface area contributed by atoms with Gasteiger partial charge in [0, 0.05) is 57.6 Å². The maximum absolute atomic E-state index is 14.3. The maximum atomic E-state index is 14.3. The van der Waals surface area contributed by atoms with E-state index in [1.54, 1.807) is 55.8 Å². The molecule has 14 nitrogen and oxygen atoms in total. The number of carbonyl (C=O) groups excluding carboxylic acids is 2. The lowest BCUT2D eigenvalue weighted by Gasteiger charge is -2.50. The largest absolute Gasteiger partial charge is 0.459 e. The van der Waals surface area contributed by atoms with Gasteiger partial charge in [-0.1, -0.05) is 27.7 Å². The zero-order valence-electron chi connectivity index (χ0n) is 36.4. The molecule has 0 aromatic carbocycles. The topological polar surface area (TPSA) is 172 Å². The fourth-order valence-corrected chi connectivity index (χ4v) is 9.11. The Morgan fingerprint density at radius 1 is 0.855 bits per heavy atom. The average Bonchev–Trinajstić information content (AvgIpc) is 3.14. The van der Waals surface area contributed by atoms with Crippen LogP contribution in [0.3, 0.4) is 0 Å². The Balaban J connectivity index is 2.25. The molecule has 55 heavy (non-hydrogen) atoms. The van der Waals surface area contributed by atoms with Gasteiger partial charge in [-0.2, -0.15) is 0 Å². The van der Waals surface area contributed by atoms with Gasteiger partial charge >= 0.3 is 5.97 Å². The first-order valence-corrected chi connectivity index (χ1v) is 20.2. The van der Waals surface area contributed by atoms with Crippen LogP contribution in [0.2, 0.25) is 0 Å². The highest BCUT2D eigenvalue weighted by atomic mass is 16.7. The van der Waals surface area contributed by atoms with Crippen LogP contribution in [0.5, 0.6) is 0 Å². The molecule has 3 saturated heterocycles. The lowest BCUT2D eigenvalue weighted by Crippen LogP contribution is -2.62. The second-order valence-electron chi connectivity index (χ2n) is 17.6. The Hall–Kier alpha value is -1.30. The standard InChI is InChI=1S/C41H75NO13/c1-17-29-41(12,47)34(44)24(6)31(43)22(4)19-40(11,50-16)36(55-38-33(48-14)28(18-23(5)51-38)42(13)21(2)3)25(7)32(26(8)37(46)53-29)54-30-20-39(10,49-15)35(45)27(9)52-30/h21-30,32-36,38,44-45,47H,17-20H2,1-16H3/t22-,23-,24+,25+,26-,27+,28+,29-,30-,32+,33-,34-,35+,36-,38+,39-,40+,41-/m1/s1. The van der Waals surface area contributed by atoms with E-state index in [2.05, 4.69) is 25.8 Å². The van der Waals surface area contributed by atoms with Crippen molar-refractivity contribution in [3.8, 4) is 0 Å². The Labute approximate surface area is 330 Å². The molecule has 3 rings (SSSR count). The third-order valence-corrected chi connectivity index (χ3v) is 13.2. The zero-order valence-corrected chi connectivity index (χ0v) is 36.4. The zero-order chi connectivity index (χ0) is 42.0. The summed E-state index contributed by atoms with van der Waals surface area (Å²) in [5.41, 5.74) is -4.18. The summed E-state index contributed by atoms with van der Waals surface area (Å²) in [7, 11) is 6.76. The molecule has 0 aromatic heterocycles. The molecule has 14 heteroatoms. The number of aliphatic hydroxyl groups excluding tert-OH is 2. The number of carbonyl (C=O) groups is 2.